The van der Waals surface area contributed by atoms with Crippen LogP contribution in [-0.4, -0.2) is 24.2 Å². The van der Waals surface area contributed by atoms with E-state index in [0.29, 0.717) is 17.1 Å². The van der Waals surface area contributed by atoms with Crippen LogP contribution in [0.4, 0.5) is 0 Å². The second-order valence-electron chi connectivity index (χ2n) is 7.37. The van der Waals surface area contributed by atoms with Crippen LogP contribution in [0.15, 0.2) is 48.5 Å². The zero-order valence-electron chi connectivity index (χ0n) is 15.9. The molecule has 0 radical (unpaired) electrons. The monoisotopic (exact) mass is 391 g/mol. The van der Waals surface area contributed by atoms with E-state index in [4.69, 9.17) is 4.74 Å². The van der Waals surface area contributed by atoms with Crippen LogP contribution < -0.4 is 9.46 Å². The lowest BCUT2D eigenvalue weighted by Gasteiger charge is -2.25. The Balaban J connectivity index is 2.30. The second-order valence-corrected chi connectivity index (χ2v) is 9.84. The molecule has 146 valence electrons. The number of benzene rings is 2. The fourth-order valence-electron chi connectivity index (χ4n) is 2.30. The van der Waals surface area contributed by atoms with E-state index in [2.05, 4.69) is 4.72 Å². The summed E-state index contributed by atoms with van der Waals surface area (Å²) in [5, 5.41) is 9.21. The molecule has 7 heteroatoms. The third kappa shape index (κ3) is 5.80. The zero-order chi connectivity index (χ0) is 20.2. The highest BCUT2D eigenvalue weighted by molar-refractivity contribution is 7.90. The van der Waals surface area contributed by atoms with Crippen LogP contribution in [-0.2, 0) is 14.8 Å². The number of nitrogens with one attached hydrogen (secondary N) is 1. The second kappa shape index (κ2) is 8.10. The number of aryl methyl sites for hydroxylation is 1. The van der Waals surface area contributed by atoms with Gasteiger partial charge >= 0.3 is 5.97 Å². The minimum atomic E-state index is -3.72. The number of carboxylic acids is 1. The van der Waals surface area contributed by atoms with Gasteiger partial charge in [-0.1, -0.05) is 29.8 Å². The average molecular weight is 391 g/mol. The van der Waals surface area contributed by atoms with Crippen LogP contribution in [0.3, 0.4) is 0 Å². The molecule has 0 fully saturated rings. The van der Waals surface area contributed by atoms with Crippen molar-refractivity contribution in [2.75, 3.05) is 0 Å². The predicted octanol–water partition coefficient (Wildman–Crippen LogP) is 4.02. The minimum Gasteiger partial charge on any atom is -0.481 e. The molecule has 27 heavy (non-hydrogen) atoms. The Morgan fingerprint density at radius 1 is 1.11 bits per heavy atom. The van der Waals surface area contributed by atoms with Gasteiger partial charge in [-0.05, 0) is 57.5 Å². The molecule has 0 spiro atoms. The molecule has 2 aromatic rings. The van der Waals surface area contributed by atoms with Gasteiger partial charge in [0.05, 0.1) is 17.2 Å². The normalized spacial score (nSPS) is 13.2. The summed E-state index contributed by atoms with van der Waals surface area (Å²) in [6.07, 6.45) is -0.372. The Kier molecular flexibility index (Phi) is 6.28. The number of carboxylic acid groups (broad SMARTS) is 1. The van der Waals surface area contributed by atoms with Gasteiger partial charge in [-0.15, -0.1) is 0 Å². The van der Waals surface area contributed by atoms with E-state index in [9.17, 15) is 18.3 Å². The Bertz CT molecular complexity index is 899. The van der Waals surface area contributed by atoms with E-state index in [0.717, 1.165) is 5.56 Å². The first-order valence-electron chi connectivity index (χ1n) is 8.56. The topological polar surface area (TPSA) is 92.7 Å². The van der Waals surface area contributed by atoms with Crippen molar-refractivity contribution in [2.45, 2.75) is 44.9 Å². The molecule has 0 aromatic heterocycles. The van der Waals surface area contributed by atoms with Crippen LogP contribution in [0, 0.1) is 6.92 Å². The van der Waals surface area contributed by atoms with Gasteiger partial charge in [0.25, 0.3) is 0 Å². The Hall–Kier alpha value is -2.38. The van der Waals surface area contributed by atoms with Crippen LogP contribution in [0.25, 0.3) is 0 Å². The first-order valence-corrected chi connectivity index (χ1v) is 10.0. The summed E-state index contributed by atoms with van der Waals surface area (Å²) in [4.78, 5) is 11.3. The van der Waals surface area contributed by atoms with Crippen LogP contribution in [0.1, 0.15) is 44.4 Å². The largest absolute Gasteiger partial charge is 0.481 e. The van der Waals surface area contributed by atoms with E-state index >= 15 is 0 Å². The highest BCUT2D eigenvalue weighted by atomic mass is 32.2. The molecule has 0 aliphatic carbocycles. The maximum absolute atomic E-state index is 12.5. The standard InChI is InChI=1S/C20H25NO5S/c1-14-8-10-16(11-9-14)26-17-7-5-6-15(12-17)18(13-19(22)23)21-27(24,25)20(2,3)4/h5-12,18,21H,13H2,1-4H3,(H,22,23)/t18-/m1/s1. The molecule has 2 rings (SSSR count). The number of sulfonamides is 1. The number of ether oxygens (including phenoxy) is 1. The lowest BCUT2D eigenvalue weighted by Crippen LogP contribution is -2.41. The molecular formula is C20H25NO5S. The van der Waals surface area contributed by atoms with Gasteiger partial charge in [-0.25, -0.2) is 13.1 Å². The van der Waals surface area contributed by atoms with E-state index in [1.54, 1.807) is 45.0 Å². The van der Waals surface area contributed by atoms with Gasteiger partial charge in [-0.3, -0.25) is 4.79 Å². The van der Waals surface area contributed by atoms with Crippen molar-refractivity contribution < 1.29 is 23.1 Å². The molecular weight excluding hydrogens is 366 g/mol. The van der Waals surface area contributed by atoms with Crippen molar-refractivity contribution in [1.82, 2.24) is 4.72 Å². The zero-order valence-corrected chi connectivity index (χ0v) is 16.7. The van der Waals surface area contributed by atoms with Gasteiger partial charge in [0.1, 0.15) is 11.5 Å². The third-order valence-corrected chi connectivity index (χ3v) is 6.21. The van der Waals surface area contributed by atoms with Gasteiger partial charge in [0, 0.05) is 0 Å². The Morgan fingerprint density at radius 3 is 2.30 bits per heavy atom. The maximum atomic E-state index is 12.5. The Morgan fingerprint density at radius 2 is 1.74 bits per heavy atom. The third-order valence-electron chi connectivity index (χ3n) is 4.00. The lowest BCUT2D eigenvalue weighted by molar-refractivity contribution is -0.137. The number of aliphatic carboxylic acids is 1. The van der Waals surface area contributed by atoms with Crippen molar-refractivity contribution in [1.29, 1.82) is 0 Å². The highest BCUT2D eigenvalue weighted by Crippen LogP contribution is 2.28. The van der Waals surface area contributed by atoms with Crippen LogP contribution in [0.5, 0.6) is 11.5 Å². The molecule has 0 amide bonds. The van der Waals surface area contributed by atoms with Gasteiger partial charge in [0.2, 0.25) is 10.0 Å². The van der Waals surface area contributed by atoms with Crippen molar-refractivity contribution >= 4 is 16.0 Å². The molecule has 0 bridgehead atoms. The molecule has 6 nitrogen and oxygen atoms in total. The van der Waals surface area contributed by atoms with E-state index in [-0.39, 0.29) is 6.42 Å². The predicted molar refractivity (Wildman–Crippen MR) is 104 cm³/mol. The number of hydrogen-bond acceptors (Lipinski definition) is 4. The summed E-state index contributed by atoms with van der Waals surface area (Å²) in [5.74, 6) is 0.0472. The molecule has 0 aliphatic rings. The SMILES string of the molecule is Cc1ccc(Oc2cccc([C@@H](CC(=O)O)NS(=O)(=O)C(C)(C)C)c2)cc1. The summed E-state index contributed by atoms with van der Waals surface area (Å²) < 4.78 is 32.2. The summed E-state index contributed by atoms with van der Waals surface area (Å²) in [7, 11) is -3.72. The average Bonchev–Trinajstić information content (AvgIpc) is 2.55. The smallest absolute Gasteiger partial charge is 0.305 e. The lowest BCUT2D eigenvalue weighted by atomic mass is 10.0. The first-order chi connectivity index (χ1) is 12.5. The fraction of sp³-hybridized carbons (Fsp3) is 0.350. The molecule has 0 heterocycles. The minimum absolute atomic E-state index is 0.372. The van der Waals surface area contributed by atoms with Crippen molar-refractivity contribution in [3.05, 3.63) is 59.7 Å². The van der Waals surface area contributed by atoms with Crippen LogP contribution >= 0.6 is 0 Å². The van der Waals surface area contributed by atoms with Crippen molar-refractivity contribution in [2.24, 2.45) is 0 Å². The number of rotatable bonds is 7. The van der Waals surface area contributed by atoms with E-state index in [1.807, 2.05) is 31.2 Å². The fourth-order valence-corrected chi connectivity index (χ4v) is 3.25. The number of carbonyl (C=O) groups is 1. The first kappa shape index (κ1) is 20.9. The van der Waals surface area contributed by atoms with Crippen LogP contribution in [0.2, 0.25) is 0 Å². The molecule has 0 unspecified atom stereocenters. The van der Waals surface area contributed by atoms with Gasteiger partial charge < -0.3 is 9.84 Å². The summed E-state index contributed by atoms with van der Waals surface area (Å²) in [5.41, 5.74) is 1.63. The summed E-state index contributed by atoms with van der Waals surface area (Å²) in [6.45, 7) is 6.65. The molecule has 0 aliphatic heterocycles. The summed E-state index contributed by atoms with van der Waals surface area (Å²) in [6, 6.07) is 13.4. The Labute approximate surface area is 160 Å². The quantitative estimate of drug-likeness (QED) is 0.744. The molecule has 0 saturated carbocycles. The molecule has 1 atom stereocenters. The van der Waals surface area contributed by atoms with Gasteiger partial charge in [0.15, 0.2) is 0 Å². The molecule has 2 aromatic carbocycles. The highest BCUT2D eigenvalue weighted by Gasteiger charge is 2.32. The molecule has 2 N–H and O–H groups in total. The maximum Gasteiger partial charge on any atom is 0.305 e. The van der Waals surface area contributed by atoms with Crippen molar-refractivity contribution in [3.63, 3.8) is 0 Å². The summed E-state index contributed by atoms with van der Waals surface area (Å²) >= 11 is 0. The van der Waals surface area contributed by atoms with E-state index in [1.165, 1.54) is 0 Å². The van der Waals surface area contributed by atoms with Gasteiger partial charge in [-0.2, -0.15) is 0 Å². The van der Waals surface area contributed by atoms with E-state index < -0.39 is 26.8 Å². The number of hydrogen-bond donors (Lipinski definition) is 2. The van der Waals surface area contributed by atoms with Crippen molar-refractivity contribution in [3.8, 4) is 11.5 Å². The molecule has 0 saturated heterocycles.